The van der Waals surface area contributed by atoms with Crippen LogP contribution in [-0.2, 0) is 6.42 Å². The molecule has 0 aliphatic rings. The molecule has 0 saturated heterocycles. The molecule has 0 atom stereocenters. The molecule has 0 saturated carbocycles. The van der Waals surface area contributed by atoms with Gasteiger partial charge in [-0.1, -0.05) is 17.7 Å². The highest BCUT2D eigenvalue weighted by atomic mass is 35.5. The summed E-state index contributed by atoms with van der Waals surface area (Å²) in [7, 11) is 1.92. The predicted octanol–water partition coefficient (Wildman–Crippen LogP) is 5.13. The summed E-state index contributed by atoms with van der Waals surface area (Å²) in [6.45, 7) is 4.74. The first-order chi connectivity index (χ1) is 10.9. The van der Waals surface area contributed by atoms with E-state index in [9.17, 15) is 8.78 Å². The third kappa shape index (κ3) is 4.29. The normalized spacial score (nSPS) is 11.2. The summed E-state index contributed by atoms with van der Waals surface area (Å²) >= 11 is 6.25. The van der Waals surface area contributed by atoms with Crippen LogP contribution in [0.4, 0.5) is 14.5 Å². The Kier molecular flexibility index (Phi) is 5.72. The molecule has 2 rings (SSSR count). The van der Waals surface area contributed by atoms with E-state index < -0.39 is 11.6 Å². The number of hydrogen-bond donors (Lipinski definition) is 0. The lowest BCUT2D eigenvalue weighted by Gasteiger charge is -2.12. The monoisotopic (exact) mass is 336 g/mol. The highest BCUT2D eigenvalue weighted by molar-refractivity contribution is 6.33. The van der Waals surface area contributed by atoms with E-state index >= 15 is 0 Å². The Balaban J connectivity index is 2.32. The van der Waals surface area contributed by atoms with Crippen LogP contribution in [0.3, 0.4) is 0 Å². The van der Waals surface area contributed by atoms with E-state index in [-0.39, 0.29) is 12.0 Å². The van der Waals surface area contributed by atoms with Crippen molar-refractivity contribution in [3.8, 4) is 0 Å². The number of rotatable bonds is 5. The molecule has 0 bridgehead atoms. The average molecular weight is 337 g/mol. The zero-order chi connectivity index (χ0) is 17.0. The van der Waals surface area contributed by atoms with Gasteiger partial charge < -0.3 is 4.90 Å². The van der Waals surface area contributed by atoms with Crippen LogP contribution < -0.4 is 0 Å². The minimum Gasteiger partial charge on any atom is -0.366 e. The van der Waals surface area contributed by atoms with Gasteiger partial charge in [-0.25, -0.2) is 13.8 Å². The van der Waals surface area contributed by atoms with Crippen LogP contribution in [0.5, 0.6) is 0 Å². The van der Waals surface area contributed by atoms with Crippen molar-refractivity contribution < 1.29 is 8.78 Å². The van der Waals surface area contributed by atoms with Crippen molar-refractivity contribution in [1.29, 1.82) is 0 Å². The molecule has 0 amide bonds. The van der Waals surface area contributed by atoms with Gasteiger partial charge in [-0.05, 0) is 49.2 Å². The molecule has 2 nitrogen and oxygen atoms in total. The van der Waals surface area contributed by atoms with Crippen molar-refractivity contribution in [2.24, 2.45) is 4.99 Å². The summed E-state index contributed by atoms with van der Waals surface area (Å²) in [5.74, 6) is -1.10. The van der Waals surface area contributed by atoms with Gasteiger partial charge in [-0.3, -0.25) is 0 Å². The van der Waals surface area contributed by atoms with Gasteiger partial charge in [0.25, 0.3) is 0 Å². The van der Waals surface area contributed by atoms with Gasteiger partial charge in [0.1, 0.15) is 11.6 Å². The van der Waals surface area contributed by atoms with Gasteiger partial charge in [-0.2, -0.15) is 0 Å². The molecule has 0 N–H and O–H groups in total. The summed E-state index contributed by atoms with van der Waals surface area (Å²) in [6.07, 6.45) is 1.86. The second kappa shape index (κ2) is 7.55. The maximum absolute atomic E-state index is 13.8. The van der Waals surface area contributed by atoms with E-state index in [1.54, 1.807) is 12.4 Å². The number of nitrogens with zero attached hydrogens (tertiary/aromatic N) is 2. The maximum atomic E-state index is 13.8. The molecule has 23 heavy (non-hydrogen) atoms. The van der Waals surface area contributed by atoms with Crippen LogP contribution in [0.2, 0.25) is 5.02 Å². The van der Waals surface area contributed by atoms with Gasteiger partial charge in [-0.15, -0.1) is 0 Å². The first kappa shape index (κ1) is 17.4. The SMILES string of the molecule is CCN(C)C=Nc1cc(C)c(Cc2c(F)cccc2F)cc1Cl. The van der Waals surface area contributed by atoms with Crippen molar-refractivity contribution in [3.63, 3.8) is 0 Å². The molecule has 2 aromatic carbocycles. The number of benzene rings is 2. The van der Waals surface area contributed by atoms with Crippen molar-refractivity contribution in [2.75, 3.05) is 13.6 Å². The maximum Gasteiger partial charge on any atom is 0.129 e. The fraction of sp³-hybridized carbons (Fsp3) is 0.278. The van der Waals surface area contributed by atoms with Crippen LogP contribution in [-0.4, -0.2) is 24.8 Å². The van der Waals surface area contributed by atoms with Gasteiger partial charge >= 0.3 is 0 Å². The minimum absolute atomic E-state index is 0.0497. The van der Waals surface area contributed by atoms with Crippen LogP contribution in [0, 0.1) is 18.6 Å². The number of hydrogen-bond acceptors (Lipinski definition) is 1. The smallest absolute Gasteiger partial charge is 0.129 e. The zero-order valence-corrected chi connectivity index (χ0v) is 14.2. The second-order valence-corrected chi connectivity index (χ2v) is 5.83. The minimum atomic E-state index is -0.549. The first-order valence-electron chi connectivity index (χ1n) is 7.38. The highest BCUT2D eigenvalue weighted by Crippen LogP contribution is 2.30. The Morgan fingerprint density at radius 2 is 1.87 bits per heavy atom. The Morgan fingerprint density at radius 3 is 2.48 bits per heavy atom. The van der Waals surface area contributed by atoms with Crippen LogP contribution in [0.1, 0.15) is 23.6 Å². The van der Waals surface area contributed by atoms with Crippen molar-refractivity contribution in [1.82, 2.24) is 4.90 Å². The molecule has 0 radical (unpaired) electrons. The summed E-state index contributed by atoms with van der Waals surface area (Å²) in [5, 5.41) is 0.461. The van der Waals surface area contributed by atoms with Gasteiger partial charge in [0.05, 0.1) is 17.0 Å². The number of halogens is 3. The molecule has 0 spiro atoms. The molecule has 0 fully saturated rings. The highest BCUT2D eigenvalue weighted by Gasteiger charge is 2.12. The topological polar surface area (TPSA) is 15.6 Å². The van der Waals surface area contributed by atoms with E-state index in [1.165, 1.54) is 18.2 Å². The molecular formula is C18H19ClF2N2. The van der Waals surface area contributed by atoms with Crippen LogP contribution >= 0.6 is 11.6 Å². The average Bonchev–Trinajstić information content (AvgIpc) is 2.52. The fourth-order valence-electron chi connectivity index (χ4n) is 2.13. The van der Waals surface area contributed by atoms with E-state index in [2.05, 4.69) is 4.99 Å². The quantitative estimate of drug-likeness (QED) is 0.546. The lowest BCUT2D eigenvalue weighted by Crippen LogP contribution is -2.14. The molecule has 0 aliphatic carbocycles. The van der Waals surface area contributed by atoms with Crippen molar-refractivity contribution in [3.05, 3.63) is 63.7 Å². The molecule has 0 aromatic heterocycles. The zero-order valence-electron chi connectivity index (χ0n) is 13.4. The standard InChI is InChI=1S/C18H19ClF2N2/c1-4-23(3)11-22-18-8-12(2)13(10-15(18)19)9-14-16(20)6-5-7-17(14)21/h5-8,10-11H,4,9H2,1-3H3. The van der Waals surface area contributed by atoms with E-state index in [1.807, 2.05) is 31.9 Å². The summed E-state index contributed by atoms with van der Waals surface area (Å²) in [4.78, 5) is 6.27. The summed E-state index contributed by atoms with van der Waals surface area (Å²) < 4.78 is 27.6. The number of aryl methyl sites for hydroxylation is 1. The molecule has 122 valence electrons. The second-order valence-electron chi connectivity index (χ2n) is 5.42. The summed E-state index contributed by atoms with van der Waals surface area (Å²) in [5.41, 5.74) is 2.36. The predicted molar refractivity (Wildman–Crippen MR) is 91.8 cm³/mol. The largest absolute Gasteiger partial charge is 0.366 e. The van der Waals surface area contributed by atoms with E-state index in [0.717, 1.165) is 17.7 Å². The molecule has 0 aliphatic heterocycles. The molecule has 0 heterocycles. The third-order valence-corrected chi connectivity index (χ3v) is 4.03. The Hall–Kier alpha value is -1.94. The Morgan fingerprint density at radius 1 is 1.22 bits per heavy atom. The Labute approximate surface area is 140 Å². The van der Waals surface area contributed by atoms with Crippen LogP contribution in [0.15, 0.2) is 35.3 Å². The first-order valence-corrected chi connectivity index (χ1v) is 7.76. The van der Waals surface area contributed by atoms with Gasteiger partial charge in [0.2, 0.25) is 0 Å². The third-order valence-electron chi connectivity index (χ3n) is 3.73. The van der Waals surface area contributed by atoms with Crippen LogP contribution in [0.25, 0.3) is 0 Å². The number of aliphatic imine (C=N–C) groups is 1. The van der Waals surface area contributed by atoms with Crippen molar-refractivity contribution in [2.45, 2.75) is 20.3 Å². The molecule has 0 unspecified atom stereocenters. The summed E-state index contributed by atoms with van der Waals surface area (Å²) in [6, 6.07) is 7.43. The van der Waals surface area contributed by atoms with Gasteiger partial charge in [0, 0.05) is 25.6 Å². The fourth-order valence-corrected chi connectivity index (χ4v) is 2.37. The van der Waals surface area contributed by atoms with Gasteiger partial charge in [0.15, 0.2) is 0 Å². The van der Waals surface area contributed by atoms with E-state index in [0.29, 0.717) is 10.7 Å². The lowest BCUT2D eigenvalue weighted by molar-refractivity contribution is 0.552. The molecule has 2 aromatic rings. The lowest BCUT2D eigenvalue weighted by atomic mass is 9.99. The molecule has 5 heteroatoms. The Bertz CT molecular complexity index is 709. The van der Waals surface area contributed by atoms with E-state index in [4.69, 9.17) is 11.6 Å². The molecular weight excluding hydrogens is 318 g/mol. The van der Waals surface area contributed by atoms with Crippen molar-refractivity contribution >= 4 is 23.6 Å².